The molecule has 4 aromatic rings. The minimum absolute atomic E-state index is 0.722. The highest BCUT2D eigenvalue weighted by atomic mass is 79.9. The lowest BCUT2D eigenvalue weighted by Crippen LogP contribution is -1.77. The molecule has 0 N–H and O–H groups in total. The van der Waals surface area contributed by atoms with Crippen LogP contribution in [0, 0.1) is 6.92 Å². The summed E-state index contributed by atoms with van der Waals surface area (Å²) >= 11 is 5.17. The van der Waals surface area contributed by atoms with Crippen LogP contribution >= 0.6 is 27.7 Å². The standard InChI is InChI=1S/C22H16BrNOS/c1-15-9-11-18(12-10-15)26-22-20(23)13-17(25-22)14-24-21-8-4-6-16-5-2-3-7-19(16)21/h2-14H,1H3. The molecule has 0 fully saturated rings. The normalized spacial score (nSPS) is 11.5. The van der Waals surface area contributed by atoms with Crippen molar-refractivity contribution in [2.24, 2.45) is 4.99 Å². The van der Waals surface area contributed by atoms with Crippen LogP contribution in [-0.4, -0.2) is 6.21 Å². The Kier molecular flexibility index (Phi) is 4.96. The SMILES string of the molecule is Cc1ccc(Sc2oc(C=Nc3cccc4ccccc34)cc2Br)cc1. The summed E-state index contributed by atoms with van der Waals surface area (Å²) in [6.07, 6.45) is 1.77. The first-order valence-corrected chi connectivity index (χ1v) is 9.86. The third-order valence-corrected chi connectivity index (χ3v) is 5.85. The zero-order valence-corrected chi connectivity index (χ0v) is 16.5. The van der Waals surface area contributed by atoms with E-state index in [1.54, 1.807) is 18.0 Å². The van der Waals surface area contributed by atoms with E-state index in [2.05, 4.69) is 70.3 Å². The number of furan rings is 1. The predicted molar refractivity (Wildman–Crippen MR) is 113 cm³/mol. The number of rotatable bonds is 4. The summed E-state index contributed by atoms with van der Waals surface area (Å²) in [4.78, 5) is 5.77. The summed E-state index contributed by atoms with van der Waals surface area (Å²) in [5.74, 6) is 0.722. The fourth-order valence-electron chi connectivity index (χ4n) is 2.67. The molecule has 0 saturated carbocycles. The molecule has 0 spiro atoms. The van der Waals surface area contributed by atoms with Crippen molar-refractivity contribution in [3.63, 3.8) is 0 Å². The van der Waals surface area contributed by atoms with Crippen molar-refractivity contribution in [1.29, 1.82) is 0 Å². The van der Waals surface area contributed by atoms with Gasteiger partial charge in [-0.15, -0.1) is 0 Å². The van der Waals surface area contributed by atoms with Crippen LogP contribution in [0.5, 0.6) is 0 Å². The molecule has 0 amide bonds. The maximum atomic E-state index is 5.95. The van der Waals surface area contributed by atoms with Gasteiger partial charge < -0.3 is 4.42 Å². The molecule has 4 rings (SSSR count). The summed E-state index contributed by atoms with van der Waals surface area (Å²) in [6, 6.07) is 24.7. The largest absolute Gasteiger partial charge is 0.447 e. The second-order valence-electron chi connectivity index (χ2n) is 5.96. The van der Waals surface area contributed by atoms with E-state index in [-0.39, 0.29) is 0 Å². The molecule has 1 aromatic heterocycles. The van der Waals surface area contributed by atoms with Gasteiger partial charge in [0.05, 0.1) is 16.4 Å². The highest BCUT2D eigenvalue weighted by Gasteiger charge is 2.10. The number of aliphatic imine (C=N–C) groups is 1. The van der Waals surface area contributed by atoms with E-state index in [0.717, 1.165) is 31.3 Å². The molecule has 26 heavy (non-hydrogen) atoms. The third kappa shape index (κ3) is 3.76. The van der Waals surface area contributed by atoms with Gasteiger partial charge in [0.1, 0.15) is 5.76 Å². The van der Waals surface area contributed by atoms with E-state index in [1.165, 1.54) is 10.9 Å². The van der Waals surface area contributed by atoms with Gasteiger partial charge in [-0.05, 0) is 46.4 Å². The molecule has 0 bridgehead atoms. The minimum Gasteiger partial charge on any atom is -0.447 e. The Morgan fingerprint density at radius 3 is 2.58 bits per heavy atom. The van der Waals surface area contributed by atoms with Crippen LogP contribution in [0.1, 0.15) is 11.3 Å². The number of benzene rings is 3. The highest BCUT2D eigenvalue weighted by Crippen LogP contribution is 2.36. The maximum Gasteiger partial charge on any atom is 0.179 e. The number of hydrogen-bond acceptors (Lipinski definition) is 3. The molecule has 2 nitrogen and oxygen atoms in total. The molecule has 0 aliphatic rings. The molecule has 4 heteroatoms. The quantitative estimate of drug-likeness (QED) is 0.320. The number of aryl methyl sites for hydroxylation is 1. The highest BCUT2D eigenvalue weighted by molar-refractivity contribution is 9.10. The van der Waals surface area contributed by atoms with Crippen LogP contribution in [0.15, 0.2) is 96.7 Å². The third-order valence-electron chi connectivity index (χ3n) is 4.00. The molecule has 1 heterocycles. The summed E-state index contributed by atoms with van der Waals surface area (Å²) in [5.41, 5.74) is 2.18. The van der Waals surface area contributed by atoms with Crippen molar-refractivity contribution in [3.8, 4) is 0 Å². The molecule has 0 radical (unpaired) electrons. The number of hydrogen-bond donors (Lipinski definition) is 0. The molecule has 128 valence electrons. The summed E-state index contributed by atoms with van der Waals surface area (Å²) < 4.78 is 6.88. The lowest BCUT2D eigenvalue weighted by atomic mass is 10.1. The fraction of sp³-hybridized carbons (Fsp3) is 0.0455. The molecule has 0 saturated heterocycles. The molecule has 0 atom stereocenters. The fourth-order valence-corrected chi connectivity index (χ4v) is 4.00. The molecule has 0 aliphatic carbocycles. The smallest absolute Gasteiger partial charge is 0.179 e. The van der Waals surface area contributed by atoms with Gasteiger partial charge in [-0.1, -0.05) is 65.9 Å². The maximum absolute atomic E-state index is 5.95. The van der Waals surface area contributed by atoms with Crippen LogP contribution in [0.25, 0.3) is 10.8 Å². The summed E-state index contributed by atoms with van der Waals surface area (Å²) in [5, 5.41) is 3.14. The van der Waals surface area contributed by atoms with Crippen molar-refractivity contribution in [1.82, 2.24) is 0 Å². The first kappa shape index (κ1) is 17.1. The average molecular weight is 422 g/mol. The van der Waals surface area contributed by atoms with Gasteiger partial charge in [-0.25, -0.2) is 0 Å². The molecular formula is C22H16BrNOS. The van der Waals surface area contributed by atoms with Gasteiger partial charge in [0.15, 0.2) is 5.09 Å². The second kappa shape index (κ2) is 7.52. The Morgan fingerprint density at radius 2 is 1.73 bits per heavy atom. The molecule has 3 aromatic carbocycles. The lowest BCUT2D eigenvalue weighted by molar-refractivity contribution is 0.466. The lowest BCUT2D eigenvalue weighted by Gasteiger charge is -2.00. The Balaban J connectivity index is 1.59. The van der Waals surface area contributed by atoms with Crippen LogP contribution in [0.4, 0.5) is 5.69 Å². The number of nitrogens with zero attached hydrogens (tertiary/aromatic N) is 1. The average Bonchev–Trinajstić information content (AvgIpc) is 3.01. The van der Waals surface area contributed by atoms with Crippen molar-refractivity contribution in [2.75, 3.05) is 0 Å². The zero-order chi connectivity index (χ0) is 17.9. The Morgan fingerprint density at radius 1 is 0.962 bits per heavy atom. The van der Waals surface area contributed by atoms with E-state index in [4.69, 9.17) is 4.42 Å². The number of halogens is 1. The Labute approximate surface area is 165 Å². The van der Waals surface area contributed by atoms with Crippen molar-refractivity contribution >= 4 is 50.4 Å². The van der Waals surface area contributed by atoms with Gasteiger partial charge >= 0.3 is 0 Å². The molecular weight excluding hydrogens is 406 g/mol. The van der Waals surface area contributed by atoms with Gasteiger partial charge in [0.25, 0.3) is 0 Å². The van der Waals surface area contributed by atoms with E-state index >= 15 is 0 Å². The van der Waals surface area contributed by atoms with E-state index in [9.17, 15) is 0 Å². The van der Waals surface area contributed by atoms with Gasteiger partial charge in [-0.2, -0.15) is 0 Å². The van der Waals surface area contributed by atoms with Crippen LogP contribution in [-0.2, 0) is 0 Å². The molecule has 0 unspecified atom stereocenters. The van der Waals surface area contributed by atoms with E-state index < -0.39 is 0 Å². The van der Waals surface area contributed by atoms with Gasteiger partial charge in [0, 0.05) is 16.3 Å². The van der Waals surface area contributed by atoms with Crippen molar-refractivity contribution in [2.45, 2.75) is 16.9 Å². The summed E-state index contributed by atoms with van der Waals surface area (Å²) in [6.45, 7) is 2.08. The second-order valence-corrected chi connectivity index (χ2v) is 7.86. The monoisotopic (exact) mass is 421 g/mol. The predicted octanol–water partition coefficient (Wildman–Crippen LogP) is 7.41. The first-order valence-electron chi connectivity index (χ1n) is 8.25. The van der Waals surface area contributed by atoms with E-state index in [0.29, 0.717) is 0 Å². The van der Waals surface area contributed by atoms with Crippen molar-refractivity contribution in [3.05, 3.63) is 88.6 Å². The van der Waals surface area contributed by atoms with Crippen LogP contribution in [0.2, 0.25) is 0 Å². The van der Waals surface area contributed by atoms with Crippen LogP contribution < -0.4 is 0 Å². The van der Waals surface area contributed by atoms with E-state index in [1.807, 2.05) is 30.3 Å². The summed E-state index contributed by atoms with van der Waals surface area (Å²) in [7, 11) is 0. The molecule has 0 aliphatic heterocycles. The Bertz CT molecular complexity index is 1080. The minimum atomic E-state index is 0.722. The van der Waals surface area contributed by atoms with Gasteiger partial charge in [-0.3, -0.25) is 4.99 Å². The zero-order valence-electron chi connectivity index (χ0n) is 14.1. The van der Waals surface area contributed by atoms with Crippen LogP contribution in [0.3, 0.4) is 0 Å². The Hall–Kier alpha value is -2.30. The first-order chi connectivity index (χ1) is 12.7. The van der Waals surface area contributed by atoms with Crippen molar-refractivity contribution < 1.29 is 4.42 Å². The topological polar surface area (TPSA) is 25.5 Å². The van der Waals surface area contributed by atoms with Gasteiger partial charge in [0.2, 0.25) is 0 Å². The number of fused-ring (bicyclic) bond motifs is 1.